The van der Waals surface area contributed by atoms with Crippen molar-refractivity contribution in [3.05, 3.63) is 21.9 Å². The van der Waals surface area contributed by atoms with Gasteiger partial charge in [0.2, 0.25) is 0 Å². The predicted octanol–water partition coefficient (Wildman–Crippen LogP) is 2.29. The van der Waals surface area contributed by atoms with E-state index in [1.165, 1.54) is 10.4 Å². The van der Waals surface area contributed by atoms with Gasteiger partial charge in [-0.25, -0.2) is 0 Å². The lowest BCUT2D eigenvalue weighted by molar-refractivity contribution is 0.0537. The molecule has 1 saturated heterocycles. The zero-order valence-corrected chi connectivity index (χ0v) is 12.1. The fraction of sp³-hybridized carbons (Fsp3) is 0.714. The van der Waals surface area contributed by atoms with Crippen LogP contribution in [-0.2, 0) is 0 Å². The summed E-state index contributed by atoms with van der Waals surface area (Å²) >= 11 is 1.81. The van der Waals surface area contributed by atoms with Crippen molar-refractivity contribution < 1.29 is 5.11 Å². The summed E-state index contributed by atoms with van der Waals surface area (Å²) in [6.45, 7) is 6.23. The Morgan fingerprint density at radius 1 is 1.50 bits per heavy atom. The molecule has 1 aromatic rings. The molecular formula is C14H24N2OS. The maximum Gasteiger partial charge on any atom is 0.0596 e. The van der Waals surface area contributed by atoms with E-state index >= 15 is 0 Å². The van der Waals surface area contributed by atoms with E-state index in [9.17, 15) is 5.11 Å². The number of aryl methyl sites for hydroxylation is 1. The topological polar surface area (TPSA) is 49.5 Å². The van der Waals surface area contributed by atoms with Gasteiger partial charge in [-0.3, -0.25) is 4.90 Å². The van der Waals surface area contributed by atoms with Gasteiger partial charge in [-0.2, -0.15) is 0 Å². The molecule has 3 nitrogen and oxygen atoms in total. The SMILES string of the molecule is CCC(N)C(c1sccc1C)N1CCC(O)CC1. The molecule has 2 heterocycles. The Hall–Kier alpha value is -0.420. The number of aliphatic hydroxyl groups is 1. The number of likely N-dealkylation sites (tertiary alicyclic amines) is 1. The number of hydrogen-bond donors (Lipinski definition) is 2. The van der Waals surface area contributed by atoms with Crippen molar-refractivity contribution in [3.63, 3.8) is 0 Å². The summed E-state index contributed by atoms with van der Waals surface area (Å²) in [6.07, 6.45) is 2.61. The largest absolute Gasteiger partial charge is 0.393 e. The molecule has 0 bridgehead atoms. The lowest BCUT2D eigenvalue weighted by Crippen LogP contribution is -2.45. The third kappa shape index (κ3) is 2.94. The zero-order valence-electron chi connectivity index (χ0n) is 11.3. The monoisotopic (exact) mass is 268 g/mol. The molecule has 3 N–H and O–H groups in total. The van der Waals surface area contributed by atoms with Gasteiger partial charge in [0.1, 0.15) is 0 Å². The highest BCUT2D eigenvalue weighted by atomic mass is 32.1. The third-order valence-corrected chi connectivity index (χ3v) is 5.03. The molecule has 2 unspecified atom stereocenters. The second-order valence-corrected chi connectivity index (χ2v) is 6.20. The Kier molecular flexibility index (Phi) is 4.78. The molecule has 2 rings (SSSR count). The molecule has 0 amide bonds. The average molecular weight is 268 g/mol. The molecule has 0 radical (unpaired) electrons. The van der Waals surface area contributed by atoms with Gasteiger partial charge in [0.15, 0.2) is 0 Å². The number of aliphatic hydroxyl groups excluding tert-OH is 1. The number of hydrogen-bond acceptors (Lipinski definition) is 4. The first-order valence-electron chi connectivity index (χ1n) is 6.85. The minimum Gasteiger partial charge on any atom is -0.393 e. The van der Waals surface area contributed by atoms with E-state index in [1.807, 2.05) is 11.3 Å². The van der Waals surface area contributed by atoms with Crippen molar-refractivity contribution in [2.45, 2.75) is 51.3 Å². The molecule has 1 fully saturated rings. The first-order chi connectivity index (χ1) is 8.63. The second kappa shape index (κ2) is 6.15. The van der Waals surface area contributed by atoms with Gasteiger partial charge in [-0.05, 0) is 43.2 Å². The average Bonchev–Trinajstić information content (AvgIpc) is 2.78. The number of nitrogens with two attached hydrogens (primary N) is 1. The van der Waals surface area contributed by atoms with Crippen LogP contribution in [0.2, 0.25) is 0 Å². The Bertz CT molecular complexity index is 372. The van der Waals surface area contributed by atoms with Crippen LogP contribution in [0.25, 0.3) is 0 Å². The van der Waals surface area contributed by atoms with E-state index in [0.29, 0.717) is 6.04 Å². The van der Waals surface area contributed by atoms with Crippen LogP contribution in [0.4, 0.5) is 0 Å². The molecule has 0 spiro atoms. The summed E-state index contributed by atoms with van der Waals surface area (Å²) in [7, 11) is 0. The van der Waals surface area contributed by atoms with Gasteiger partial charge in [0.25, 0.3) is 0 Å². The maximum absolute atomic E-state index is 9.63. The van der Waals surface area contributed by atoms with E-state index in [-0.39, 0.29) is 12.1 Å². The van der Waals surface area contributed by atoms with Crippen LogP contribution in [0.1, 0.15) is 42.7 Å². The molecule has 0 aromatic carbocycles. The summed E-state index contributed by atoms with van der Waals surface area (Å²) in [4.78, 5) is 3.86. The van der Waals surface area contributed by atoms with Crippen molar-refractivity contribution in [1.82, 2.24) is 4.90 Å². The Morgan fingerprint density at radius 2 is 2.17 bits per heavy atom. The molecule has 2 atom stereocenters. The number of piperidine rings is 1. The minimum atomic E-state index is -0.121. The van der Waals surface area contributed by atoms with Crippen LogP contribution < -0.4 is 5.73 Å². The van der Waals surface area contributed by atoms with Gasteiger partial charge in [-0.15, -0.1) is 11.3 Å². The van der Waals surface area contributed by atoms with Crippen molar-refractivity contribution in [2.24, 2.45) is 5.73 Å². The standard InChI is InChI=1S/C14H24N2OS/c1-3-12(15)13(14-10(2)6-9-18-14)16-7-4-11(17)5-8-16/h6,9,11-13,17H,3-5,7-8,15H2,1-2H3. The summed E-state index contributed by atoms with van der Waals surface area (Å²) in [5, 5.41) is 11.8. The smallest absolute Gasteiger partial charge is 0.0596 e. The quantitative estimate of drug-likeness (QED) is 0.881. The zero-order chi connectivity index (χ0) is 13.1. The van der Waals surface area contributed by atoms with Crippen LogP contribution in [-0.4, -0.2) is 35.2 Å². The summed E-state index contributed by atoms with van der Waals surface area (Å²) in [5.74, 6) is 0. The van der Waals surface area contributed by atoms with Gasteiger partial charge in [-0.1, -0.05) is 6.92 Å². The summed E-state index contributed by atoms with van der Waals surface area (Å²) in [6, 6.07) is 2.67. The van der Waals surface area contributed by atoms with Gasteiger partial charge >= 0.3 is 0 Å². The minimum absolute atomic E-state index is 0.121. The van der Waals surface area contributed by atoms with Gasteiger partial charge < -0.3 is 10.8 Å². The van der Waals surface area contributed by atoms with Crippen LogP contribution >= 0.6 is 11.3 Å². The van der Waals surface area contributed by atoms with E-state index in [1.54, 1.807) is 0 Å². The Balaban J connectivity index is 2.18. The molecule has 18 heavy (non-hydrogen) atoms. The molecule has 1 aliphatic rings. The fourth-order valence-corrected chi connectivity index (χ4v) is 3.84. The van der Waals surface area contributed by atoms with E-state index < -0.39 is 0 Å². The highest BCUT2D eigenvalue weighted by Crippen LogP contribution is 2.33. The Morgan fingerprint density at radius 3 is 2.67 bits per heavy atom. The van der Waals surface area contributed by atoms with Crippen LogP contribution in [0.3, 0.4) is 0 Å². The van der Waals surface area contributed by atoms with E-state index in [2.05, 4.69) is 30.2 Å². The first kappa shape index (κ1) is 14.0. The van der Waals surface area contributed by atoms with Crippen molar-refractivity contribution in [2.75, 3.05) is 13.1 Å². The van der Waals surface area contributed by atoms with E-state index in [0.717, 1.165) is 32.4 Å². The predicted molar refractivity (Wildman–Crippen MR) is 76.9 cm³/mol. The van der Waals surface area contributed by atoms with Crippen LogP contribution in [0.15, 0.2) is 11.4 Å². The molecule has 0 aliphatic carbocycles. The molecule has 0 saturated carbocycles. The normalized spacial score (nSPS) is 22.0. The van der Waals surface area contributed by atoms with Crippen molar-refractivity contribution in [1.29, 1.82) is 0 Å². The fourth-order valence-electron chi connectivity index (χ4n) is 2.71. The molecular weight excluding hydrogens is 244 g/mol. The second-order valence-electron chi connectivity index (χ2n) is 5.25. The maximum atomic E-state index is 9.63. The van der Waals surface area contributed by atoms with Gasteiger partial charge in [0, 0.05) is 24.0 Å². The lowest BCUT2D eigenvalue weighted by Gasteiger charge is -2.38. The van der Waals surface area contributed by atoms with Crippen molar-refractivity contribution >= 4 is 11.3 Å². The summed E-state index contributed by atoms with van der Waals surface area (Å²) in [5.41, 5.74) is 7.69. The van der Waals surface area contributed by atoms with Crippen LogP contribution in [0, 0.1) is 6.92 Å². The van der Waals surface area contributed by atoms with Crippen LogP contribution in [0.5, 0.6) is 0 Å². The number of nitrogens with zero attached hydrogens (tertiary/aromatic N) is 1. The molecule has 1 aromatic heterocycles. The third-order valence-electron chi connectivity index (χ3n) is 3.94. The molecule has 1 aliphatic heterocycles. The summed E-state index contributed by atoms with van der Waals surface area (Å²) < 4.78 is 0. The number of thiophene rings is 1. The first-order valence-corrected chi connectivity index (χ1v) is 7.73. The highest BCUT2D eigenvalue weighted by molar-refractivity contribution is 7.10. The lowest BCUT2D eigenvalue weighted by atomic mass is 9.97. The molecule has 4 heteroatoms. The Labute approximate surface area is 114 Å². The molecule has 102 valence electrons. The van der Waals surface area contributed by atoms with Gasteiger partial charge in [0.05, 0.1) is 12.1 Å². The van der Waals surface area contributed by atoms with Crippen molar-refractivity contribution in [3.8, 4) is 0 Å². The van der Waals surface area contributed by atoms with E-state index in [4.69, 9.17) is 5.73 Å². The number of rotatable bonds is 4. The highest BCUT2D eigenvalue weighted by Gasteiger charge is 2.30.